The molecule has 0 unspecified atom stereocenters. The Bertz CT molecular complexity index is 850. The second-order valence-corrected chi connectivity index (χ2v) is 5.75. The van der Waals surface area contributed by atoms with Crippen LogP contribution in [0.1, 0.15) is 36.0 Å². The standard InChI is InChI=1S/C16H13F3N4O/c17-16(18,19)13-8-12(10-6-7-10)23(22-13)9-14-20-21-15(24-14)11-4-2-1-3-5-11/h1-5,8,10H,6-7,9H2. The average molecular weight is 334 g/mol. The highest BCUT2D eigenvalue weighted by atomic mass is 19.4. The van der Waals surface area contributed by atoms with Crippen molar-refractivity contribution in [3.63, 3.8) is 0 Å². The molecule has 0 amide bonds. The van der Waals surface area contributed by atoms with Crippen LogP contribution in [0.4, 0.5) is 13.2 Å². The molecule has 2 aromatic heterocycles. The van der Waals surface area contributed by atoms with E-state index in [9.17, 15) is 13.2 Å². The summed E-state index contributed by atoms with van der Waals surface area (Å²) < 4.78 is 45.6. The fraction of sp³-hybridized carbons (Fsp3) is 0.312. The van der Waals surface area contributed by atoms with Crippen molar-refractivity contribution >= 4 is 0 Å². The molecule has 8 heteroatoms. The van der Waals surface area contributed by atoms with E-state index >= 15 is 0 Å². The quantitative estimate of drug-likeness (QED) is 0.726. The molecule has 124 valence electrons. The molecule has 1 aromatic carbocycles. The first-order valence-electron chi connectivity index (χ1n) is 7.53. The minimum absolute atomic E-state index is 0.0295. The fourth-order valence-corrected chi connectivity index (χ4v) is 2.55. The number of hydrogen-bond donors (Lipinski definition) is 0. The first-order chi connectivity index (χ1) is 11.5. The molecule has 0 saturated heterocycles. The molecule has 3 aromatic rings. The van der Waals surface area contributed by atoms with Gasteiger partial charge in [-0.3, -0.25) is 4.68 Å². The summed E-state index contributed by atoms with van der Waals surface area (Å²) in [6, 6.07) is 10.3. The molecule has 0 spiro atoms. The number of benzene rings is 1. The van der Waals surface area contributed by atoms with Gasteiger partial charge in [-0.2, -0.15) is 18.3 Å². The van der Waals surface area contributed by atoms with Crippen LogP contribution in [-0.4, -0.2) is 20.0 Å². The highest BCUT2D eigenvalue weighted by molar-refractivity contribution is 5.51. The van der Waals surface area contributed by atoms with E-state index in [0.717, 1.165) is 24.5 Å². The molecule has 5 nitrogen and oxygen atoms in total. The van der Waals surface area contributed by atoms with Gasteiger partial charge in [-0.25, -0.2) is 0 Å². The van der Waals surface area contributed by atoms with Gasteiger partial charge >= 0.3 is 6.18 Å². The second-order valence-electron chi connectivity index (χ2n) is 5.75. The van der Waals surface area contributed by atoms with Crippen molar-refractivity contribution in [2.45, 2.75) is 31.5 Å². The summed E-state index contributed by atoms with van der Waals surface area (Å²) in [7, 11) is 0. The Morgan fingerprint density at radius 2 is 1.88 bits per heavy atom. The maximum atomic E-state index is 12.9. The minimum atomic E-state index is -4.46. The van der Waals surface area contributed by atoms with Gasteiger partial charge in [-0.05, 0) is 31.0 Å². The average Bonchev–Trinajstić information content (AvgIpc) is 3.13. The van der Waals surface area contributed by atoms with E-state index in [1.54, 1.807) is 0 Å². The molecular weight excluding hydrogens is 321 g/mol. The summed E-state index contributed by atoms with van der Waals surface area (Å²) in [5, 5.41) is 11.6. The highest BCUT2D eigenvalue weighted by Crippen LogP contribution is 2.42. The molecule has 24 heavy (non-hydrogen) atoms. The van der Waals surface area contributed by atoms with E-state index in [-0.39, 0.29) is 18.4 Å². The van der Waals surface area contributed by atoms with E-state index in [4.69, 9.17) is 4.42 Å². The van der Waals surface area contributed by atoms with Crippen LogP contribution in [0, 0.1) is 0 Å². The summed E-state index contributed by atoms with van der Waals surface area (Å²) in [5.74, 6) is 0.694. The summed E-state index contributed by atoms with van der Waals surface area (Å²) in [6.45, 7) is 0.0295. The number of nitrogens with zero attached hydrogens (tertiary/aromatic N) is 4. The largest absolute Gasteiger partial charge is 0.435 e. The molecule has 2 heterocycles. The molecule has 1 saturated carbocycles. The monoisotopic (exact) mass is 334 g/mol. The van der Waals surface area contributed by atoms with Crippen LogP contribution in [0.3, 0.4) is 0 Å². The SMILES string of the molecule is FC(F)(F)c1cc(C2CC2)n(Cc2nnc(-c3ccccc3)o2)n1. The lowest BCUT2D eigenvalue weighted by Crippen LogP contribution is -2.09. The molecule has 0 aliphatic heterocycles. The number of rotatable bonds is 4. The van der Waals surface area contributed by atoms with Crippen molar-refractivity contribution in [1.82, 2.24) is 20.0 Å². The highest BCUT2D eigenvalue weighted by Gasteiger charge is 2.38. The van der Waals surface area contributed by atoms with Gasteiger partial charge in [0.05, 0.1) is 0 Å². The zero-order valence-electron chi connectivity index (χ0n) is 12.5. The van der Waals surface area contributed by atoms with Gasteiger partial charge in [-0.15, -0.1) is 10.2 Å². The van der Waals surface area contributed by atoms with E-state index < -0.39 is 11.9 Å². The third-order valence-electron chi connectivity index (χ3n) is 3.87. The van der Waals surface area contributed by atoms with Crippen LogP contribution in [0.5, 0.6) is 0 Å². The number of aromatic nitrogens is 4. The van der Waals surface area contributed by atoms with E-state index in [1.807, 2.05) is 30.3 Å². The molecule has 0 bridgehead atoms. The molecule has 0 N–H and O–H groups in total. The van der Waals surface area contributed by atoms with Gasteiger partial charge in [-0.1, -0.05) is 18.2 Å². The Balaban J connectivity index is 1.62. The third-order valence-corrected chi connectivity index (χ3v) is 3.87. The lowest BCUT2D eigenvalue weighted by molar-refractivity contribution is -0.141. The molecule has 1 fully saturated rings. The molecular formula is C16H13F3N4O. The van der Waals surface area contributed by atoms with Crippen LogP contribution < -0.4 is 0 Å². The fourth-order valence-electron chi connectivity index (χ4n) is 2.55. The van der Waals surface area contributed by atoms with Crippen molar-refractivity contribution in [2.75, 3.05) is 0 Å². The summed E-state index contributed by atoms with van der Waals surface area (Å²) in [6.07, 6.45) is -2.71. The Morgan fingerprint density at radius 3 is 2.54 bits per heavy atom. The topological polar surface area (TPSA) is 56.7 Å². The Labute approximate surface area is 135 Å². The Morgan fingerprint density at radius 1 is 1.12 bits per heavy atom. The van der Waals surface area contributed by atoms with E-state index in [1.165, 1.54) is 4.68 Å². The molecule has 0 atom stereocenters. The van der Waals surface area contributed by atoms with Crippen LogP contribution in [0.25, 0.3) is 11.5 Å². The summed E-state index contributed by atoms with van der Waals surface area (Å²) in [4.78, 5) is 0. The van der Waals surface area contributed by atoms with Gasteiger partial charge in [0.15, 0.2) is 5.69 Å². The molecule has 4 rings (SSSR count). The predicted molar refractivity (Wildman–Crippen MR) is 78.0 cm³/mol. The number of alkyl halides is 3. The second kappa shape index (κ2) is 5.47. The normalized spacial score (nSPS) is 15.0. The summed E-state index contributed by atoms with van der Waals surface area (Å²) in [5.41, 5.74) is 0.448. The maximum absolute atomic E-state index is 12.9. The number of halogens is 3. The van der Waals surface area contributed by atoms with E-state index in [2.05, 4.69) is 15.3 Å². The molecule has 1 aliphatic rings. The van der Waals surface area contributed by atoms with Crippen molar-refractivity contribution in [1.29, 1.82) is 0 Å². The van der Waals surface area contributed by atoms with Gasteiger partial charge in [0.2, 0.25) is 11.8 Å². The van der Waals surface area contributed by atoms with Crippen molar-refractivity contribution in [3.8, 4) is 11.5 Å². The van der Waals surface area contributed by atoms with Gasteiger partial charge < -0.3 is 4.42 Å². The van der Waals surface area contributed by atoms with Crippen LogP contribution in [0.2, 0.25) is 0 Å². The third kappa shape index (κ3) is 2.91. The summed E-state index contributed by atoms with van der Waals surface area (Å²) >= 11 is 0. The van der Waals surface area contributed by atoms with E-state index in [0.29, 0.717) is 11.6 Å². The van der Waals surface area contributed by atoms with Crippen molar-refractivity contribution in [2.24, 2.45) is 0 Å². The smallest absolute Gasteiger partial charge is 0.419 e. The molecule has 1 aliphatic carbocycles. The lowest BCUT2D eigenvalue weighted by atomic mass is 10.2. The van der Waals surface area contributed by atoms with Gasteiger partial charge in [0, 0.05) is 17.2 Å². The van der Waals surface area contributed by atoms with Crippen LogP contribution in [0.15, 0.2) is 40.8 Å². The number of hydrogen-bond acceptors (Lipinski definition) is 4. The Hall–Kier alpha value is -2.64. The van der Waals surface area contributed by atoms with Gasteiger partial charge in [0.25, 0.3) is 0 Å². The zero-order valence-corrected chi connectivity index (χ0v) is 12.5. The van der Waals surface area contributed by atoms with Crippen LogP contribution >= 0.6 is 0 Å². The molecule has 0 radical (unpaired) electrons. The predicted octanol–water partition coefficient (Wildman–Crippen LogP) is 3.88. The lowest BCUT2D eigenvalue weighted by Gasteiger charge is -2.03. The van der Waals surface area contributed by atoms with Crippen molar-refractivity contribution in [3.05, 3.63) is 53.7 Å². The first kappa shape index (κ1) is 14.9. The minimum Gasteiger partial charge on any atom is -0.419 e. The zero-order chi connectivity index (χ0) is 16.7. The van der Waals surface area contributed by atoms with Gasteiger partial charge in [0.1, 0.15) is 6.54 Å². The maximum Gasteiger partial charge on any atom is 0.435 e. The first-order valence-corrected chi connectivity index (χ1v) is 7.53. The van der Waals surface area contributed by atoms with Crippen LogP contribution in [-0.2, 0) is 12.7 Å². The van der Waals surface area contributed by atoms with Crippen molar-refractivity contribution < 1.29 is 17.6 Å². The Kier molecular flexibility index (Phi) is 3.40.